The Balaban J connectivity index is 1.77. The molecule has 0 aromatic heterocycles. The third-order valence-electron chi connectivity index (χ3n) is 7.15. The van der Waals surface area contributed by atoms with E-state index in [2.05, 4.69) is 5.32 Å². The number of likely N-dealkylation sites (N-methyl/N-ethyl adjacent to an activating group) is 1. The van der Waals surface area contributed by atoms with Gasteiger partial charge < -0.3 is 19.7 Å². The van der Waals surface area contributed by atoms with Crippen molar-refractivity contribution in [3.05, 3.63) is 120 Å². The Hall–Kier alpha value is -4.83. The molecule has 0 aliphatic heterocycles. The number of ether oxygens (including phenoxy) is 2. The van der Waals surface area contributed by atoms with Crippen LogP contribution in [0.3, 0.4) is 0 Å². The summed E-state index contributed by atoms with van der Waals surface area (Å²) in [4.78, 5) is 29.5. The summed E-state index contributed by atoms with van der Waals surface area (Å²) >= 11 is 0. The number of amides is 2. The van der Waals surface area contributed by atoms with E-state index in [1.807, 2.05) is 56.3 Å². The third kappa shape index (κ3) is 8.63. The number of carbonyl (C=O) groups excluding carboxylic acids is 2. The number of nitrogens with one attached hydrogen (secondary N) is 1. The van der Waals surface area contributed by atoms with E-state index in [0.717, 1.165) is 15.4 Å². The SMILES string of the molecule is CCNC(=O)[C@@H](Cc1ccccc1)N(Cc1cccc(OC)c1)C(=O)CN(c1ccccc1)S(=O)(=O)c1ccc(OCC)cc1. The molecule has 0 radical (unpaired) electrons. The fourth-order valence-corrected chi connectivity index (χ4v) is 6.35. The maximum Gasteiger partial charge on any atom is 0.264 e. The maximum atomic E-state index is 14.4. The van der Waals surface area contributed by atoms with E-state index >= 15 is 0 Å². The molecule has 4 aromatic rings. The summed E-state index contributed by atoms with van der Waals surface area (Å²) in [6.07, 6.45) is 0.235. The lowest BCUT2D eigenvalue weighted by Crippen LogP contribution is -2.53. The smallest absolute Gasteiger partial charge is 0.264 e. The second-order valence-corrected chi connectivity index (χ2v) is 12.1. The molecule has 1 N–H and O–H groups in total. The Morgan fingerprint density at radius 1 is 0.800 bits per heavy atom. The van der Waals surface area contributed by atoms with Gasteiger partial charge >= 0.3 is 0 Å². The first-order valence-electron chi connectivity index (χ1n) is 14.8. The molecule has 45 heavy (non-hydrogen) atoms. The fourth-order valence-electron chi connectivity index (χ4n) is 4.94. The molecule has 1 atom stereocenters. The second-order valence-electron chi connectivity index (χ2n) is 10.2. The van der Waals surface area contributed by atoms with Gasteiger partial charge in [0.25, 0.3) is 10.0 Å². The van der Waals surface area contributed by atoms with Gasteiger partial charge in [0.2, 0.25) is 11.8 Å². The molecule has 0 saturated carbocycles. The Morgan fingerprint density at radius 3 is 2.07 bits per heavy atom. The van der Waals surface area contributed by atoms with Crippen LogP contribution in [0.1, 0.15) is 25.0 Å². The molecule has 2 amide bonds. The molecular weight excluding hydrogens is 590 g/mol. The zero-order chi connectivity index (χ0) is 32.2. The monoisotopic (exact) mass is 629 g/mol. The topological polar surface area (TPSA) is 105 Å². The van der Waals surface area contributed by atoms with Crippen molar-refractivity contribution in [1.82, 2.24) is 10.2 Å². The van der Waals surface area contributed by atoms with E-state index in [1.54, 1.807) is 61.7 Å². The van der Waals surface area contributed by atoms with Gasteiger partial charge in [-0.05, 0) is 73.5 Å². The van der Waals surface area contributed by atoms with E-state index < -0.39 is 28.5 Å². The molecule has 0 aliphatic carbocycles. The summed E-state index contributed by atoms with van der Waals surface area (Å²) < 4.78 is 40.2. The number of hydrogen-bond acceptors (Lipinski definition) is 6. The lowest BCUT2D eigenvalue weighted by molar-refractivity contribution is -0.140. The molecule has 0 heterocycles. The molecular formula is C35H39N3O6S. The average Bonchev–Trinajstić information content (AvgIpc) is 3.06. The summed E-state index contributed by atoms with van der Waals surface area (Å²) in [6, 6.07) is 30.3. The number of hydrogen-bond donors (Lipinski definition) is 1. The highest BCUT2D eigenvalue weighted by molar-refractivity contribution is 7.92. The van der Waals surface area contributed by atoms with Crippen LogP contribution in [0.15, 0.2) is 114 Å². The van der Waals surface area contributed by atoms with E-state index in [-0.39, 0.29) is 23.8 Å². The van der Waals surface area contributed by atoms with Crippen LogP contribution in [0, 0.1) is 0 Å². The lowest BCUT2D eigenvalue weighted by atomic mass is 10.0. The van der Waals surface area contributed by atoms with Crippen molar-refractivity contribution in [2.45, 2.75) is 37.8 Å². The second kappa shape index (κ2) is 15.8. The van der Waals surface area contributed by atoms with Gasteiger partial charge in [-0.2, -0.15) is 0 Å². The minimum Gasteiger partial charge on any atom is -0.497 e. The van der Waals surface area contributed by atoms with Crippen molar-refractivity contribution < 1.29 is 27.5 Å². The zero-order valence-electron chi connectivity index (χ0n) is 25.8. The van der Waals surface area contributed by atoms with Crippen molar-refractivity contribution in [3.63, 3.8) is 0 Å². The van der Waals surface area contributed by atoms with Crippen molar-refractivity contribution in [2.24, 2.45) is 0 Å². The number of methoxy groups -OCH3 is 1. The molecule has 0 aliphatic rings. The summed E-state index contributed by atoms with van der Waals surface area (Å²) in [7, 11) is -2.65. The Bertz CT molecular complexity index is 1650. The molecule has 236 valence electrons. The van der Waals surface area contributed by atoms with Crippen LogP contribution in [0.5, 0.6) is 11.5 Å². The molecule has 9 nitrogen and oxygen atoms in total. The van der Waals surface area contributed by atoms with Crippen molar-refractivity contribution >= 4 is 27.5 Å². The van der Waals surface area contributed by atoms with E-state index in [1.165, 1.54) is 17.0 Å². The summed E-state index contributed by atoms with van der Waals surface area (Å²) in [5, 5.41) is 2.87. The van der Waals surface area contributed by atoms with Gasteiger partial charge in [-0.3, -0.25) is 13.9 Å². The minimum atomic E-state index is -4.20. The molecule has 0 bridgehead atoms. The number of rotatable bonds is 15. The van der Waals surface area contributed by atoms with Gasteiger partial charge in [0, 0.05) is 19.5 Å². The molecule has 0 saturated heterocycles. The largest absolute Gasteiger partial charge is 0.497 e. The van der Waals surface area contributed by atoms with Crippen molar-refractivity contribution in [3.8, 4) is 11.5 Å². The number of anilines is 1. The first-order chi connectivity index (χ1) is 21.8. The van der Waals surface area contributed by atoms with Gasteiger partial charge in [-0.1, -0.05) is 60.7 Å². The van der Waals surface area contributed by atoms with Gasteiger partial charge in [-0.25, -0.2) is 8.42 Å². The predicted octanol–water partition coefficient (Wildman–Crippen LogP) is 5.07. The standard InChI is InChI=1S/C35H39N3O6S/c1-4-36-35(40)33(24-27-13-8-6-9-14-27)37(25-28-15-12-18-31(23-28)43-3)34(39)26-38(29-16-10-7-11-17-29)45(41,42)32-21-19-30(20-22-32)44-5-2/h6-23,33H,4-5,24-26H2,1-3H3,(H,36,40)/t33-/m1/s1. The normalized spacial score (nSPS) is 11.7. The van der Waals surface area contributed by atoms with Crippen molar-refractivity contribution in [2.75, 3.05) is 31.1 Å². The Kier molecular flexibility index (Phi) is 11.6. The van der Waals surface area contributed by atoms with Gasteiger partial charge in [0.1, 0.15) is 24.1 Å². The summed E-state index contributed by atoms with van der Waals surface area (Å²) in [5.41, 5.74) is 1.91. The predicted molar refractivity (Wildman–Crippen MR) is 175 cm³/mol. The molecule has 0 spiro atoms. The molecule has 0 unspecified atom stereocenters. The number of nitrogens with zero attached hydrogens (tertiary/aromatic N) is 2. The van der Waals surface area contributed by atoms with Crippen LogP contribution in [-0.4, -0.2) is 58.0 Å². The van der Waals surface area contributed by atoms with Crippen molar-refractivity contribution in [1.29, 1.82) is 0 Å². The van der Waals surface area contributed by atoms with Crippen LogP contribution >= 0.6 is 0 Å². The lowest BCUT2D eigenvalue weighted by Gasteiger charge is -2.34. The summed E-state index contributed by atoms with van der Waals surface area (Å²) in [5.74, 6) is 0.261. The number of para-hydroxylation sites is 1. The molecule has 10 heteroatoms. The summed E-state index contributed by atoms with van der Waals surface area (Å²) in [6.45, 7) is 3.98. The fraction of sp³-hybridized carbons (Fsp3) is 0.257. The zero-order valence-corrected chi connectivity index (χ0v) is 26.6. The Labute approximate surface area is 265 Å². The van der Waals surface area contributed by atoms with Crippen LogP contribution in [0.4, 0.5) is 5.69 Å². The molecule has 0 fully saturated rings. The third-order valence-corrected chi connectivity index (χ3v) is 8.94. The first kappa shape index (κ1) is 33.1. The van der Waals surface area contributed by atoms with Gasteiger partial charge in [0.05, 0.1) is 24.3 Å². The van der Waals surface area contributed by atoms with Crippen LogP contribution in [0.2, 0.25) is 0 Å². The maximum absolute atomic E-state index is 14.4. The van der Waals surface area contributed by atoms with Crippen LogP contribution in [0.25, 0.3) is 0 Å². The van der Waals surface area contributed by atoms with Crippen LogP contribution < -0.4 is 19.1 Å². The highest BCUT2D eigenvalue weighted by atomic mass is 32.2. The van der Waals surface area contributed by atoms with Crippen LogP contribution in [-0.2, 0) is 32.6 Å². The first-order valence-corrected chi connectivity index (χ1v) is 16.3. The minimum absolute atomic E-state index is 0.00603. The number of benzene rings is 4. The number of sulfonamides is 1. The average molecular weight is 630 g/mol. The molecule has 4 aromatic carbocycles. The highest BCUT2D eigenvalue weighted by Crippen LogP contribution is 2.26. The van der Waals surface area contributed by atoms with E-state index in [0.29, 0.717) is 30.3 Å². The van der Waals surface area contributed by atoms with E-state index in [9.17, 15) is 18.0 Å². The molecule has 4 rings (SSSR count). The van der Waals surface area contributed by atoms with Gasteiger partial charge in [-0.15, -0.1) is 0 Å². The van der Waals surface area contributed by atoms with Gasteiger partial charge in [0.15, 0.2) is 0 Å². The Morgan fingerprint density at radius 2 is 1.44 bits per heavy atom. The van der Waals surface area contributed by atoms with E-state index in [4.69, 9.17) is 9.47 Å². The highest BCUT2D eigenvalue weighted by Gasteiger charge is 2.34. The quantitative estimate of drug-likeness (QED) is 0.197. The number of carbonyl (C=O) groups is 2.